The lowest BCUT2D eigenvalue weighted by Gasteiger charge is -2.16. The monoisotopic (exact) mass is 224 g/mol. The number of benzene rings is 1. The predicted molar refractivity (Wildman–Crippen MR) is 60.3 cm³/mol. The van der Waals surface area contributed by atoms with E-state index in [1.807, 2.05) is 6.92 Å². The van der Waals surface area contributed by atoms with Gasteiger partial charge in [0.15, 0.2) is 11.5 Å². The van der Waals surface area contributed by atoms with Gasteiger partial charge in [-0.25, -0.2) is 0 Å². The molecule has 0 saturated carbocycles. The van der Waals surface area contributed by atoms with Crippen LogP contribution in [0.3, 0.4) is 0 Å². The average Bonchev–Trinajstić information content (AvgIpc) is 2.28. The Morgan fingerprint density at radius 3 is 2.56 bits per heavy atom. The minimum atomic E-state index is -0.0200. The van der Waals surface area contributed by atoms with E-state index in [9.17, 15) is 9.90 Å². The Balaban J connectivity index is 3.24. The van der Waals surface area contributed by atoms with Crippen LogP contribution < -0.4 is 9.47 Å². The summed E-state index contributed by atoms with van der Waals surface area (Å²) in [7, 11) is 3.04. The van der Waals surface area contributed by atoms with Crippen molar-refractivity contribution in [2.24, 2.45) is 0 Å². The standard InChI is InChI=1S/C12H16O4/c1-8(4-5-13)10-6-9(14)7-11(15-2)12(10)16-3/h5-8,14H,4H2,1-3H3. The smallest absolute Gasteiger partial charge is 0.164 e. The van der Waals surface area contributed by atoms with Gasteiger partial charge in [0.25, 0.3) is 0 Å². The molecule has 0 radical (unpaired) electrons. The van der Waals surface area contributed by atoms with E-state index >= 15 is 0 Å². The Hall–Kier alpha value is -1.71. The molecule has 1 rings (SSSR count). The van der Waals surface area contributed by atoms with Crippen molar-refractivity contribution in [1.82, 2.24) is 0 Å². The summed E-state index contributed by atoms with van der Waals surface area (Å²) in [6, 6.07) is 3.07. The maximum Gasteiger partial charge on any atom is 0.164 e. The number of methoxy groups -OCH3 is 2. The molecule has 0 aliphatic rings. The van der Waals surface area contributed by atoms with Gasteiger partial charge in [-0.15, -0.1) is 0 Å². The molecule has 16 heavy (non-hydrogen) atoms. The number of phenols is 1. The zero-order valence-corrected chi connectivity index (χ0v) is 9.69. The minimum Gasteiger partial charge on any atom is -0.508 e. The van der Waals surface area contributed by atoms with Gasteiger partial charge in [-0.3, -0.25) is 0 Å². The summed E-state index contributed by atoms with van der Waals surface area (Å²) in [5.41, 5.74) is 0.770. The summed E-state index contributed by atoms with van der Waals surface area (Å²) >= 11 is 0. The summed E-state index contributed by atoms with van der Waals surface area (Å²) in [6.45, 7) is 1.89. The Labute approximate surface area is 94.8 Å². The van der Waals surface area contributed by atoms with E-state index < -0.39 is 0 Å². The highest BCUT2D eigenvalue weighted by molar-refractivity contribution is 5.57. The van der Waals surface area contributed by atoms with E-state index in [4.69, 9.17) is 9.47 Å². The molecule has 1 aromatic carbocycles. The van der Waals surface area contributed by atoms with E-state index in [1.54, 1.807) is 6.07 Å². The Kier molecular flexibility index (Phi) is 4.17. The number of hydrogen-bond donors (Lipinski definition) is 1. The van der Waals surface area contributed by atoms with Gasteiger partial charge in [0.1, 0.15) is 12.0 Å². The van der Waals surface area contributed by atoms with E-state index in [0.717, 1.165) is 11.8 Å². The second-order valence-electron chi connectivity index (χ2n) is 3.57. The van der Waals surface area contributed by atoms with Gasteiger partial charge in [0, 0.05) is 18.1 Å². The molecule has 0 aliphatic carbocycles. The van der Waals surface area contributed by atoms with Crippen molar-refractivity contribution in [2.45, 2.75) is 19.3 Å². The van der Waals surface area contributed by atoms with Crippen LogP contribution in [0.1, 0.15) is 24.8 Å². The molecule has 0 amide bonds. The molecule has 0 aliphatic heterocycles. The minimum absolute atomic E-state index is 0.0200. The van der Waals surface area contributed by atoms with Gasteiger partial charge < -0.3 is 19.4 Å². The number of hydrogen-bond acceptors (Lipinski definition) is 4. The van der Waals surface area contributed by atoms with Gasteiger partial charge in [0.05, 0.1) is 14.2 Å². The van der Waals surface area contributed by atoms with Crippen molar-refractivity contribution in [3.63, 3.8) is 0 Å². The fourth-order valence-electron chi connectivity index (χ4n) is 1.62. The lowest BCUT2D eigenvalue weighted by molar-refractivity contribution is -0.108. The summed E-state index contributed by atoms with van der Waals surface area (Å²) in [4.78, 5) is 10.5. The van der Waals surface area contributed by atoms with Gasteiger partial charge in [0.2, 0.25) is 0 Å². The number of carbonyl (C=O) groups is 1. The number of ether oxygens (including phenoxy) is 2. The van der Waals surface area contributed by atoms with Crippen LogP contribution in [-0.4, -0.2) is 25.6 Å². The molecule has 0 aromatic heterocycles. The zero-order chi connectivity index (χ0) is 12.1. The first-order valence-corrected chi connectivity index (χ1v) is 5.02. The fraction of sp³-hybridized carbons (Fsp3) is 0.417. The highest BCUT2D eigenvalue weighted by Crippen LogP contribution is 2.39. The lowest BCUT2D eigenvalue weighted by atomic mass is 9.96. The molecule has 0 bridgehead atoms. The molecule has 88 valence electrons. The largest absolute Gasteiger partial charge is 0.508 e. The van der Waals surface area contributed by atoms with Crippen molar-refractivity contribution in [1.29, 1.82) is 0 Å². The second-order valence-corrected chi connectivity index (χ2v) is 3.57. The van der Waals surface area contributed by atoms with Crippen LogP contribution in [0.2, 0.25) is 0 Å². The third-order valence-corrected chi connectivity index (χ3v) is 2.47. The summed E-state index contributed by atoms with van der Waals surface area (Å²) in [6.07, 6.45) is 1.23. The molecule has 0 spiro atoms. The van der Waals surface area contributed by atoms with Crippen LogP contribution in [-0.2, 0) is 4.79 Å². The second kappa shape index (κ2) is 5.39. The number of rotatable bonds is 5. The molecule has 1 atom stereocenters. The molecule has 4 heteroatoms. The van der Waals surface area contributed by atoms with Crippen LogP contribution in [0, 0.1) is 0 Å². The molecule has 1 unspecified atom stereocenters. The van der Waals surface area contributed by atoms with Gasteiger partial charge in [-0.2, -0.15) is 0 Å². The van der Waals surface area contributed by atoms with Crippen LogP contribution in [0.15, 0.2) is 12.1 Å². The highest BCUT2D eigenvalue weighted by atomic mass is 16.5. The van der Waals surface area contributed by atoms with Gasteiger partial charge in [-0.1, -0.05) is 6.92 Å². The maximum atomic E-state index is 10.5. The molecule has 0 heterocycles. The molecule has 0 saturated heterocycles. The number of carbonyl (C=O) groups excluding carboxylic acids is 1. The molecular weight excluding hydrogens is 208 g/mol. The summed E-state index contributed by atoms with van der Waals surface area (Å²) in [5.74, 6) is 1.11. The molecule has 0 fully saturated rings. The van der Waals surface area contributed by atoms with Crippen molar-refractivity contribution in [2.75, 3.05) is 14.2 Å². The molecule has 1 N–H and O–H groups in total. The van der Waals surface area contributed by atoms with Crippen LogP contribution in [0.25, 0.3) is 0 Å². The van der Waals surface area contributed by atoms with E-state index in [0.29, 0.717) is 17.9 Å². The average molecular weight is 224 g/mol. The third kappa shape index (κ3) is 2.45. The number of aromatic hydroxyl groups is 1. The van der Waals surface area contributed by atoms with Crippen molar-refractivity contribution in [3.05, 3.63) is 17.7 Å². The Bertz CT molecular complexity index is 374. The topological polar surface area (TPSA) is 55.8 Å². The van der Waals surface area contributed by atoms with Crippen molar-refractivity contribution < 1.29 is 19.4 Å². The summed E-state index contributed by atoms with van der Waals surface area (Å²) in [5, 5.41) is 9.54. The summed E-state index contributed by atoms with van der Waals surface area (Å²) < 4.78 is 10.4. The zero-order valence-electron chi connectivity index (χ0n) is 9.69. The van der Waals surface area contributed by atoms with E-state index in [1.165, 1.54) is 20.3 Å². The first-order valence-electron chi connectivity index (χ1n) is 5.02. The number of phenolic OH excluding ortho intramolecular Hbond substituents is 1. The van der Waals surface area contributed by atoms with Crippen LogP contribution in [0.5, 0.6) is 17.2 Å². The van der Waals surface area contributed by atoms with Crippen molar-refractivity contribution in [3.8, 4) is 17.2 Å². The van der Waals surface area contributed by atoms with Gasteiger partial charge in [-0.05, 0) is 12.0 Å². The quantitative estimate of drug-likeness (QED) is 0.778. The van der Waals surface area contributed by atoms with E-state index in [2.05, 4.69) is 0 Å². The lowest BCUT2D eigenvalue weighted by Crippen LogP contribution is -2.00. The van der Waals surface area contributed by atoms with Crippen LogP contribution >= 0.6 is 0 Å². The Morgan fingerprint density at radius 1 is 1.38 bits per heavy atom. The number of aldehydes is 1. The first-order chi connectivity index (χ1) is 7.63. The molecular formula is C12H16O4. The third-order valence-electron chi connectivity index (χ3n) is 2.47. The highest BCUT2D eigenvalue weighted by Gasteiger charge is 2.17. The fourth-order valence-corrected chi connectivity index (χ4v) is 1.62. The van der Waals surface area contributed by atoms with Gasteiger partial charge >= 0.3 is 0 Å². The Morgan fingerprint density at radius 2 is 2.06 bits per heavy atom. The van der Waals surface area contributed by atoms with Crippen molar-refractivity contribution >= 4 is 6.29 Å². The normalized spacial score (nSPS) is 11.9. The maximum absolute atomic E-state index is 10.5. The predicted octanol–water partition coefficient (Wildman–Crippen LogP) is 2.10. The van der Waals surface area contributed by atoms with Crippen LogP contribution in [0.4, 0.5) is 0 Å². The van der Waals surface area contributed by atoms with E-state index in [-0.39, 0.29) is 11.7 Å². The SMILES string of the molecule is COc1cc(O)cc(C(C)CC=O)c1OC. The molecule has 1 aromatic rings. The molecule has 4 nitrogen and oxygen atoms in total. The first kappa shape index (κ1) is 12.4.